The van der Waals surface area contributed by atoms with E-state index in [1.165, 1.54) is 18.3 Å². The van der Waals surface area contributed by atoms with Crippen molar-refractivity contribution >= 4 is 74.7 Å². The van der Waals surface area contributed by atoms with Gasteiger partial charge in [-0.25, -0.2) is 10.2 Å². The number of halogens is 3. The molecule has 0 spiro atoms. The van der Waals surface area contributed by atoms with Crippen molar-refractivity contribution in [3.8, 4) is 5.75 Å². The summed E-state index contributed by atoms with van der Waals surface area (Å²) in [5, 5.41) is 6.45. The zero-order valence-electron chi connectivity index (χ0n) is 16.9. The molecule has 4 aromatic rings. The van der Waals surface area contributed by atoms with Gasteiger partial charge in [-0.3, -0.25) is 4.79 Å². The monoisotopic (exact) mass is 588 g/mol. The van der Waals surface area contributed by atoms with E-state index >= 15 is 0 Å². The Labute approximate surface area is 213 Å². The quantitative estimate of drug-likeness (QED) is 0.0923. The highest BCUT2D eigenvalue weighted by atomic mass is 127. The molecule has 0 unspecified atom stereocenters. The van der Waals surface area contributed by atoms with Crippen LogP contribution in [0.25, 0.3) is 10.8 Å². The predicted octanol–water partition coefficient (Wildman–Crippen LogP) is 6.73. The van der Waals surface area contributed by atoms with Gasteiger partial charge in [0.2, 0.25) is 0 Å². The van der Waals surface area contributed by atoms with E-state index in [1.54, 1.807) is 24.3 Å². The molecule has 164 valence electrons. The van der Waals surface area contributed by atoms with Crippen LogP contribution in [-0.2, 0) is 0 Å². The van der Waals surface area contributed by atoms with E-state index in [-0.39, 0.29) is 22.2 Å². The van der Waals surface area contributed by atoms with Crippen LogP contribution in [-0.4, -0.2) is 18.1 Å². The maximum absolute atomic E-state index is 12.8. The molecule has 0 aliphatic heterocycles. The molecule has 0 bridgehead atoms. The number of hydrogen-bond acceptors (Lipinski definition) is 4. The van der Waals surface area contributed by atoms with Crippen molar-refractivity contribution in [1.82, 2.24) is 5.43 Å². The molecule has 0 aromatic heterocycles. The standard InChI is InChI=1S/C25H15Cl2IN2O3/c26-16-10-11-18(21(27)13-16)25(32)33-23-12-9-15-5-1-2-6-17(15)20(23)14-29-30-24(31)19-7-3-4-8-22(19)28/h1-14H,(H,30,31)/b29-14-. The lowest BCUT2D eigenvalue weighted by atomic mass is 10.0. The van der Waals surface area contributed by atoms with Crippen LogP contribution in [0.2, 0.25) is 10.0 Å². The Morgan fingerprint density at radius 1 is 0.909 bits per heavy atom. The first-order valence-electron chi connectivity index (χ1n) is 9.71. The number of hydrazone groups is 1. The van der Waals surface area contributed by atoms with E-state index in [0.717, 1.165) is 14.3 Å². The second kappa shape index (κ2) is 10.3. The van der Waals surface area contributed by atoms with Crippen LogP contribution in [0.5, 0.6) is 5.75 Å². The fourth-order valence-electron chi connectivity index (χ4n) is 3.17. The second-order valence-electron chi connectivity index (χ2n) is 6.89. The third-order valence-corrected chi connectivity index (χ3v) is 6.25. The summed E-state index contributed by atoms with van der Waals surface area (Å²) in [6, 6.07) is 22.8. The lowest BCUT2D eigenvalue weighted by Crippen LogP contribution is -2.19. The minimum Gasteiger partial charge on any atom is -0.422 e. The van der Waals surface area contributed by atoms with E-state index in [2.05, 4.69) is 33.1 Å². The number of fused-ring (bicyclic) bond motifs is 1. The smallest absolute Gasteiger partial charge is 0.345 e. The molecule has 0 saturated heterocycles. The van der Waals surface area contributed by atoms with Crippen molar-refractivity contribution in [2.24, 2.45) is 5.10 Å². The average molecular weight is 589 g/mol. The van der Waals surface area contributed by atoms with Gasteiger partial charge < -0.3 is 4.74 Å². The zero-order valence-corrected chi connectivity index (χ0v) is 20.6. The number of amides is 1. The summed E-state index contributed by atoms with van der Waals surface area (Å²) in [5.74, 6) is -0.704. The van der Waals surface area contributed by atoms with Gasteiger partial charge in [-0.1, -0.05) is 65.7 Å². The number of nitrogens with zero attached hydrogens (tertiary/aromatic N) is 1. The van der Waals surface area contributed by atoms with Gasteiger partial charge in [0.25, 0.3) is 5.91 Å². The molecule has 5 nitrogen and oxygen atoms in total. The van der Waals surface area contributed by atoms with Gasteiger partial charge in [-0.15, -0.1) is 0 Å². The summed E-state index contributed by atoms with van der Waals surface area (Å²) in [4.78, 5) is 25.3. The SMILES string of the molecule is O=C(Oc1ccc2ccccc2c1/C=N\NC(=O)c1ccccc1I)c1ccc(Cl)cc1Cl. The van der Waals surface area contributed by atoms with Gasteiger partial charge >= 0.3 is 5.97 Å². The fraction of sp³-hybridized carbons (Fsp3) is 0. The molecule has 0 fully saturated rings. The number of hydrogen-bond donors (Lipinski definition) is 1. The molecular formula is C25H15Cl2IN2O3. The second-order valence-corrected chi connectivity index (χ2v) is 8.90. The van der Waals surface area contributed by atoms with Crippen molar-refractivity contribution in [3.63, 3.8) is 0 Å². The molecular weight excluding hydrogens is 574 g/mol. The Kier molecular flexibility index (Phi) is 7.27. The van der Waals surface area contributed by atoms with Crippen LogP contribution in [0.3, 0.4) is 0 Å². The third-order valence-electron chi connectivity index (χ3n) is 4.76. The fourth-order valence-corrected chi connectivity index (χ4v) is 4.29. The molecule has 4 aromatic carbocycles. The summed E-state index contributed by atoms with van der Waals surface area (Å²) >= 11 is 14.2. The van der Waals surface area contributed by atoms with Gasteiger partial charge in [0, 0.05) is 14.2 Å². The Morgan fingerprint density at radius 2 is 1.67 bits per heavy atom. The number of rotatable bonds is 5. The normalized spacial score (nSPS) is 11.0. The minimum absolute atomic E-state index is 0.184. The van der Waals surface area contributed by atoms with Crippen molar-refractivity contribution in [1.29, 1.82) is 0 Å². The van der Waals surface area contributed by atoms with Crippen LogP contribution in [0.4, 0.5) is 0 Å². The van der Waals surface area contributed by atoms with Crippen molar-refractivity contribution in [3.05, 3.63) is 109 Å². The van der Waals surface area contributed by atoms with Crippen LogP contribution in [0, 0.1) is 3.57 Å². The third kappa shape index (κ3) is 5.35. The van der Waals surface area contributed by atoms with Crippen molar-refractivity contribution < 1.29 is 14.3 Å². The summed E-state index contributed by atoms with van der Waals surface area (Å²) in [5.41, 5.74) is 3.76. The van der Waals surface area contributed by atoms with Gasteiger partial charge in [0.1, 0.15) is 5.75 Å². The van der Waals surface area contributed by atoms with Crippen LogP contribution in [0.15, 0.2) is 84.0 Å². The van der Waals surface area contributed by atoms with E-state index in [0.29, 0.717) is 16.1 Å². The van der Waals surface area contributed by atoms with Gasteiger partial charge in [-0.05, 0) is 69.8 Å². The first-order valence-corrected chi connectivity index (χ1v) is 11.5. The van der Waals surface area contributed by atoms with Gasteiger partial charge in [-0.2, -0.15) is 5.10 Å². The van der Waals surface area contributed by atoms with E-state index < -0.39 is 5.97 Å². The number of carbonyl (C=O) groups excluding carboxylic acids is 2. The highest BCUT2D eigenvalue weighted by Gasteiger charge is 2.16. The molecule has 8 heteroatoms. The number of benzene rings is 4. The largest absolute Gasteiger partial charge is 0.422 e. The van der Waals surface area contributed by atoms with Crippen LogP contribution < -0.4 is 10.2 Å². The zero-order chi connectivity index (χ0) is 23.4. The lowest BCUT2D eigenvalue weighted by Gasteiger charge is -2.11. The molecule has 0 aliphatic carbocycles. The van der Waals surface area contributed by atoms with Crippen LogP contribution in [0.1, 0.15) is 26.3 Å². The topological polar surface area (TPSA) is 67.8 Å². The maximum Gasteiger partial charge on any atom is 0.345 e. The molecule has 1 N–H and O–H groups in total. The Hall–Kier alpha value is -2.94. The van der Waals surface area contributed by atoms with E-state index in [9.17, 15) is 9.59 Å². The number of ether oxygens (including phenoxy) is 1. The molecule has 0 radical (unpaired) electrons. The molecule has 4 rings (SSSR count). The Balaban J connectivity index is 1.65. The van der Waals surface area contributed by atoms with Crippen molar-refractivity contribution in [2.75, 3.05) is 0 Å². The highest BCUT2D eigenvalue weighted by Crippen LogP contribution is 2.29. The van der Waals surface area contributed by atoms with E-state index in [1.807, 2.05) is 42.5 Å². The molecule has 0 heterocycles. The highest BCUT2D eigenvalue weighted by molar-refractivity contribution is 14.1. The summed E-state index contributed by atoms with van der Waals surface area (Å²) in [6.07, 6.45) is 1.46. The van der Waals surface area contributed by atoms with E-state index in [4.69, 9.17) is 27.9 Å². The summed E-state index contributed by atoms with van der Waals surface area (Å²) in [7, 11) is 0. The molecule has 0 saturated carbocycles. The maximum atomic E-state index is 12.8. The first-order chi connectivity index (χ1) is 15.9. The number of esters is 1. The summed E-state index contributed by atoms with van der Waals surface area (Å²) < 4.78 is 6.46. The number of carbonyl (C=O) groups is 2. The number of nitrogens with one attached hydrogen (secondary N) is 1. The summed E-state index contributed by atoms with van der Waals surface area (Å²) in [6.45, 7) is 0. The van der Waals surface area contributed by atoms with Gasteiger partial charge in [0.15, 0.2) is 0 Å². The Bertz CT molecular complexity index is 1410. The minimum atomic E-state index is -0.635. The van der Waals surface area contributed by atoms with Crippen molar-refractivity contribution in [2.45, 2.75) is 0 Å². The molecule has 0 aliphatic rings. The molecule has 1 amide bonds. The predicted molar refractivity (Wildman–Crippen MR) is 140 cm³/mol. The molecule has 33 heavy (non-hydrogen) atoms. The van der Waals surface area contributed by atoms with Crippen LogP contribution >= 0.6 is 45.8 Å². The lowest BCUT2D eigenvalue weighted by molar-refractivity contribution is 0.0734. The molecule has 0 atom stereocenters. The Morgan fingerprint density at radius 3 is 2.45 bits per heavy atom. The van der Waals surface area contributed by atoms with Gasteiger partial charge in [0.05, 0.1) is 22.4 Å². The first kappa shape index (κ1) is 23.2. The average Bonchev–Trinajstić information content (AvgIpc) is 2.80.